The summed E-state index contributed by atoms with van der Waals surface area (Å²) in [6.07, 6.45) is -1.51. The highest BCUT2D eigenvalue weighted by atomic mass is 35.5. The maximum atomic E-state index is 14.8. The first-order chi connectivity index (χ1) is 23.5. The molecule has 10 nitrogen and oxygen atoms in total. The van der Waals surface area contributed by atoms with Crippen LogP contribution in [-0.2, 0) is 20.7 Å². The van der Waals surface area contributed by atoms with Gasteiger partial charge >= 0.3 is 0 Å². The van der Waals surface area contributed by atoms with Crippen LogP contribution in [0.1, 0.15) is 55.5 Å². The first-order valence-corrected chi connectivity index (χ1v) is 16.7. The van der Waals surface area contributed by atoms with Crippen LogP contribution < -0.4 is 5.32 Å². The Morgan fingerprint density at radius 2 is 1.80 bits per heavy atom. The molecular formula is C36H38ClF2N3O7. The van der Waals surface area contributed by atoms with Crippen LogP contribution in [0.25, 0.3) is 16.7 Å². The van der Waals surface area contributed by atoms with Gasteiger partial charge in [-0.3, -0.25) is 14.6 Å². The third kappa shape index (κ3) is 7.12. The second kappa shape index (κ2) is 14.6. The Balaban J connectivity index is 1.32. The normalized spacial score (nSPS) is 27.8. The summed E-state index contributed by atoms with van der Waals surface area (Å²) >= 11 is 5.91. The van der Waals surface area contributed by atoms with Crippen LogP contribution in [0.3, 0.4) is 0 Å². The Kier molecular flexibility index (Phi) is 10.4. The lowest BCUT2D eigenvalue weighted by atomic mass is 9.90. The third-order valence-electron chi connectivity index (χ3n) is 9.71. The lowest BCUT2D eigenvalue weighted by Crippen LogP contribution is -2.59. The van der Waals surface area contributed by atoms with Crippen molar-refractivity contribution >= 4 is 34.7 Å². The molecule has 1 saturated heterocycles. The molecule has 260 valence electrons. The van der Waals surface area contributed by atoms with Crippen LogP contribution in [-0.4, -0.2) is 85.8 Å². The summed E-state index contributed by atoms with van der Waals surface area (Å²) in [4.78, 5) is 33.3. The molecule has 1 aromatic heterocycles. The number of carbonyl (C=O) groups excluding carboxylic acids is 2. The molecule has 49 heavy (non-hydrogen) atoms. The number of aromatic nitrogens is 1. The molecule has 0 saturated carbocycles. The average molecular weight is 698 g/mol. The minimum atomic E-state index is -1.50. The van der Waals surface area contributed by atoms with E-state index in [1.807, 2.05) is 19.1 Å². The van der Waals surface area contributed by atoms with Gasteiger partial charge in [-0.15, -0.1) is 0 Å². The highest BCUT2D eigenvalue weighted by molar-refractivity contribution is 6.31. The van der Waals surface area contributed by atoms with Crippen molar-refractivity contribution < 1.29 is 43.5 Å². The van der Waals surface area contributed by atoms with Crippen molar-refractivity contribution in [2.45, 2.75) is 75.6 Å². The van der Waals surface area contributed by atoms with Crippen LogP contribution in [0.4, 0.5) is 14.5 Å². The SMILES string of the molecule is C[C@@H]1CCC[C@H](N2CCC(c3c(F)ccc(Cl)c3F)=CC2=O)c2cc(ccn2)-c2ccc(CC3O[C@@H](CO)[C@H](O)[C@@H](O)[C@@H]3O)cc2NC1=O. The van der Waals surface area contributed by atoms with Gasteiger partial charge in [0.15, 0.2) is 5.82 Å². The summed E-state index contributed by atoms with van der Waals surface area (Å²) in [5.41, 5.74) is 3.12. The number of hydrogen-bond donors (Lipinski definition) is 5. The minimum Gasteiger partial charge on any atom is -0.394 e. The van der Waals surface area contributed by atoms with Crippen molar-refractivity contribution in [3.05, 3.63) is 88.2 Å². The number of ether oxygens (including phenoxy) is 1. The first kappa shape index (κ1) is 35.1. The minimum absolute atomic E-state index is 0.124. The Morgan fingerprint density at radius 3 is 2.55 bits per heavy atom. The maximum absolute atomic E-state index is 14.8. The zero-order valence-electron chi connectivity index (χ0n) is 26.7. The molecule has 3 aliphatic rings. The van der Waals surface area contributed by atoms with Crippen molar-refractivity contribution in [1.82, 2.24) is 9.88 Å². The van der Waals surface area contributed by atoms with Crippen molar-refractivity contribution in [1.29, 1.82) is 0 Å². The lowest BCUT2D eigenvalue weighted by molar-refractivity contribution is -0.228. The van der Waals surface area contributed by atoms with Gasteiger partial charge in [0.25, 0.3) is 0 Å². The van der Waals surface area contributed by atoms with E-state index in [0.29, 0.717) is 41.8 Å². The van der Waals surface area contributed by atoms with Gasteiger partial charge in [-0.05, 0) is 66.3 Å². The van der Waals surface area contributed by atoms with E-state index in [-0.39, 0.29) is 47.4 Å². The van der Waals surface area contributed by atoms with Crippen LogP contribution in [0.2, 0.25) is 5.02 Å². The highest BCUT2D eigenvalue weighted by Crippen LogP contribution is 2.38. The number of anilines is 1. The Labute approximate surface area is 287 Å². The van der Waals surface area contributed by atoms with Crippen LogP contribution in [0.15, 0.2) is 54.7 Å². The van der Waals surface area contributed by atoms with Gasteiger partial charge in [-0.2, -0.15) is 0 Å². The number of pyridine rings is 1. The number of nitrogens with zero attached hydrogens (tertiary/aromatic N) is 2. The molecule has 3 aliphatic heterocycles. The zero-order chi connectivity index (χ0) is 35.0. The highest BCUT2D eigenvalue weighted by Gasteiger charge is 2.43. The molecule has 0 radical (unpaired) electrons. The Morgan fingerprint density at radius 1 is 1.02 bits per heavy atom. The summed E-state index contributed by atoms with van der Waals surface area (Å²) in [6.45, 7) is 1.48. The summed E-state index contributed by atoms with van der Waals surface area (Å²) in [7, 11) is 0. The first-order valence-electron chi connectivity index (χ1n) is 16.3. The predicted molar refractivity (Wildman–Crippen MR) is 177 cm³/mol. The van der Waals surface area contributed by atoms with Gasteiger partial charge in [-0.1, -0.05) is 37.1 Å². The molecule has 0 spiro atoms. The van der Waals surface area contributed by atoms with Gasteiger partial charge in [0.2, 0.25) is 11.8 Å². The zero-order valence-corrected chi connectivity index (χ0v) is 27.5. The van der Waals surface area contributed by atoms with Gasteiger partial charge in [0.05, 0.1) is 35.0 Å². The summed E-state index contributed by atoms with van der Waals surface area (Å²) in [6, 6.07) is 10.8. The standard InChI is InChI=1S/C36H38ClF2N3O7/c1-18-3-2-4-27(42-12-10-21(16-30(42)44)31-24(38)8-7-23(37)32(31)39)26-15-20(9-11-40-26)22-6-5-19(13-25(22)41-36(18)48)14-28-33(45)35(47)34(46)29(17-43)49-28/h5-9,11,13,15-16,18,27-29,33-35,43,45-47H,2-4,10,12,14,17H2,1H3,(H,41,48)/t18-,27+,28?,29+,33-,34+,35+/m1/s1. The topological polar surface area (TPSA) is 152 Å². The number of aliphatic hydroxyl groups excluding tert-OH is 4. The second-order valence-electron chi connectivity index (χ2n) is 12.9. The summed E-state index contributed by atoms with van der Waals surface area (Å²) in [5.74, 6) is -2.70. The van der Waals surface area contributed by atoms with Crippen molar-refractivity contribution in [3.8, 4) is 11.1 Å². The number of hydrogen-bond acceptors (Lipinski definition) is 8. The van der Waals surface area contributed by atoms with Crippen LogP contribution in [0, 0.1) is 17.6 Å². The number of aliphatic hydroxyl groups is 4. The second-order valence-corrected chi connectivity index (χ2v) is 13.3. The van der Waals surface area contributed by atoms with Crippen LogP contribution in [0.5, 0.6) is 0 Å². The van der Waals surface area contributed by atoms with Gasteiger partial charge < -0.3 is 35.4 Å². The molecular weight excluding hydrogens is 660 g/mol. The molecule has 7 atom stereocenters. The quantitative estimate of drug-likeness (QED) is 0.249. The van der Waals surface area contributed by atoms with Crippen LogP contribution >= 0.6 is 11.6 Å². The molecule has 13 heteroatoms. The van der Waals surface area contributed by atoms with E-state index in [0.717, 1.165) is 17.7 Å². The lowest BCUT2D eigenvalue weighted by Gasteiger charge is -2.40. The van der Waals surface area contributed by atoms with E-state index >= 15 is 0 Å². The number of rotatable bonds is 5. The number of nitrogens with one attached hydrogen (secondary N) is 1. The fourth-order valence-corrected chi connectivity index (χ4v) is 7.06. The van der Waals surface area contributed by atoms with E-state index in [9.17, 15) is 38.8 Å². The average Bonchev–Trinajstić information content (AvgIpc) is 3.09. The summed E-state index contributed by atoms with van der Waals surface area (Å²) in [5, 5.41) is 43.4. The van der Waals surface area contributed by atoms with Gasteiger partial charge in [-0.25, -0.2) is 8.78 Å². The van der Waals surface area contributed by atoms with Crippen molar-refractivity contribution in [3.63, 3.8) is 0 Å². The number of carbonyl (C=O) groups is 2. The molecule has 0 aliphatic carbocycles. The molecule has 5 N–H and O–H groups in total. The molecule has 2 bridgehead atoms. The van der Waals surface area contributed by atoms with Crippen molar-refractivity contribution in [2.75, 3.05) is 18.5 Å². The molecule has 1 fully saturated rings. The molecule has 4 heterocycles. The number of benzene rings is 2. The van der Waals surface area contributed by atoms with Gasteiger partial charge in [0.1, 0.15) is 30.2 Å². The molecule has 2 aromatic carbocycles. The van der Waals surface area contributed by atoms with E-state index < -0.39 is 60.7 Å². The number of fused-ring (bicyclic) bond motifs is 4. The summed E-state index contributed by atoms with van der Waals surface area (Å²) < 4.78 is 35.2. The Bertz CT molecular complexity index is 1770. The van der Waals surface area contributed by atoms with E-state index in [2.05, 4.69) is 10.3 Å². The molecule has 6 rings (SSSR count). The van der Waals surface area contributed by atoms with E-state index in [1.165, 1.54) is 6.08 Å². The monoisotopic (exact) mass is 697 g/mol. The Hall–Kier alpha value is -3.78. The molecule has 2 amide bonds. The molecule has 1 unspecified atom stereocenters. The predicted octanol–water partition coefficient (Wildman–Crippen LogP) is 4.18. The fraction of sp³-hybridized carbons (Fsp3) is 0.417. The van der Waals surface area contributed by atoms with Crippen molar-refractivity contribution in [2.24, 2.45) is 5.92 Å². The fourth-order valence-electron chi connectivity index (χ4n) is 6.90. The number of amides is 2. The largest absolute Gasteiger partial charge is 0.394 e. The van der Waals surface area contributed by atoms with Gasteiger partial charge in [0, 0.05) is 42.4 Å². The maximum Gasteiger partial charge on any atom is 0.247 e. The molecule has 3 aromatic rings. The van der Waals surface area contributed by atoms with E-state index in [1.54, 1.807) is 29.3 Å². The van der Waals surface area contributed by atoms with E-state index in [4.69, 9.17) is 16.3 Å². The third-order valence-corrected chi connectivity index (χ3v) is 10.0. The number of halogens is 3. The smallest absolute Gasteiger partial charge is 0.247 e.